The van der Waals surface area contributed by atoms with E-state index >= 15 is 0 Å². The normalized spacial score (nSPS) is 10.7. The van der Waals surface area contributed by atoms with Crippen molar-refractivity contribution < 1.29 is 4.74 Å². The van der Waals surface area contributed by atoms with Gasteiger partial charge in [-0.3, -0.25) is 0 Å². The quantitative estimate of drug-likeness (QED) is 0.753. The molecule has 0 aliphatic heterocycles. The van der Waals surface area contributed by atoms with E-state index in [-0.39, 0.29) is 0 Å². The van der Waals surface area contributed by atoms with Crippen LogP contribution >= 0.6 is 0 Å². The Morgan fingerprint density at radius 1 is 1.33 bits per heavy atom. The highest BCUT2D eigenvalue weighted by molar-refractivity contribution is 5.85. The van der Waals surface area contributed by atoms with Gasteiger partial charge in [-0.05, 0) is 36.6 Å². The number of aromatic nitrogens is 1. The van der Waals surface area contributed by atoms with E-state index in [1.807, 2.05) is 18.2 Å². The van der Waals surface area contributed by atoms with Gasteiger partial charge in [0, 0.05) is 18.2 Å². The molecule has 18 heavy (non-hydrogen) atoms. The van der Waals surface area contributed by atoms with Crippen molar-refractivity contribution in [3.05, 3.63) is 35.5 Å². The number of hydrogen-bond acceptors (Lipinski definition) is 2. The molecule has 0 aliphatic rings. The Bertz CT molecular complexity index is 578. The summed E-state index contributed by atoms with van der Waals surface area (Å²) >= 11 is 0. The predicted octanol–water partition coefficient (Wildman–Crippen LogP) is 3.46. The number of ether oxygens (including phenoxy) is 1. The maximum absolute atomic E-state index is 8.96. The molecule has 0 aliphatic carbocycles. The lowest BCUT2D eigenvalue weighted by atomic mass is 10.1. The highest BCUT2D eigenvalue weighted by Gasteiger charge is 2.07. The van der Waals surface area contributed by atoms with Crippen molar-refractivity contribution in [2.75, 3.05) is 6.61 Å². The third-order valence-electron chi connectivity index (χ3n) is 3.05. The van der Waals surface area contributed by atoms with Crippen LogP contribution in [0.15, 0.2) is 24.4 Å². The third-order valence-corrected chi connectivity index (χ3v) is 3.05. The average Bonchev–Trinajstić information content (AvgIpc) is 2.76. The fourth-order valence-electron chi connectivity index (χ4n) is 2.14. The summed E-state index contributed by atoms with van der Waals surface area (Å²) < 4.78 is 7.71. The number of aryl methyl sites for hydroxylation is 1. The van der Waals surface area contributed by atoms with Gasteiger partial charge in [0.15, 0.2) is 0 Å². The van der Waals surface area contributed by atoms with Crippen molar-refractivity contribution in [2.45, 2.75) is 33.4 Å². The lowest BCUT2D eigenvalue weighted by molar-refractivity contribution is 0.0803. The minimum Gasteiger partial charge on any atom is -0.361 e. The summed E-state index contributed by atoms with van der Waals surface area (Å²) in [6, 6.07) is 8.02. The summed E-state index contributed by atoms with van der Waals surface area (Å²) in [6.07, 6.45) is 4.12. The van der Waals surface area contributed by atoms with Crippen LogP contribution in [-0.2, 0) is 17.9 Å². The van der Waals surface area contributed by atoms with Crippen molar-refractivity contribution >= 4 is 10.9 Å². The second kappa shape index (κ2) is 5.70. The van der Waals surface area contributed by atoms with Crippen LogP contribution in [0.3, 0.4) is 0 Å². The lowest BCUT2D eigenvalue weighted by Crippen LogP contribution is -2.01. The van der Waals surface area contributed by atoms with Crippen LogP contribution in [0.4, 0.5) is 0 Å². The Morgan fingerprint density at radius 3 is 2.83 bits per heavy atom. The number of rotatable bonds is 5. The van der Waals surface area contributed by atoms with E-state index < -0.39 is 0 Å². The summed E-state index contributed by atoms with van der Waals surface area (Å²) in [4.78, 5) is 0. The molecular formula is C15H18N2O. The maximum Gasteiger partial charge on any atom is 0.122 e. The Hall–Kier alpha value is -1.79. The molecule has 0 saturated carbocycles. The van der Waals surface area contributed by atoms with Crippen LogP contribution < -0.4 is 0 Å². The molecule has 0 N–H and O–H groups in total. The molecule has 0 amide bonds. The summed E-state index contributed by atoms with van der Waals surface area (Å²) in [6.45, 7) is 5.59. The van der Waals surface area contributed by atoms with Gasteiger partial charge >= 0.3 is 0 Å². The van der Waals surface area contributed by atoms with E-state index in [2.05, 4.69) is 30.7 Å². The fourth-order valence-corrected chi connectivity index (χ4v) is 2.14. The van der Waals surface area contributed by atoms with E-state index in [0.29, 0.717) is 12.3 Å². The van der Waals surface area contributed by atoms with Gasteiger partial charge in [-0.15, -0.1) is 0 Å². The number of fused-ring (bicyclic) bond motifs is 1. The van der Waals surface area contributed by atoms with Crippen molar-refractivity contribution in [1.82, 2.24) is 4.57 Å². The Kier molecular flexibility index (Phi) is 4.01. The van der Waals surface area contributed by atoms with Crippen LogP contribution in [0, 0.1) is 11.3 Å². The molecule has 94 valence electrons. The molecule has 2 rings (SSSR count). The first-order chi connectivity index (χ1) is 8.80. The van der Waals surface area contributed by atoms with E-state index in [0.717, 1.165) is 30.4 Å². The maximum atomic E-state index is 8.96. The summed E-state index contributed by atoms with van der Waals surface area (Å²) in [5.74, 6) is 0. The molecule has 3 heteroatoms. The van der Waals surface area contributed by atoms with E-state index in [1.54, 1.807) is 0 Å². The van der Waals surface area contributed by atoms with Gasteiger partial charge < -0.3 is 9.30 Å². The van der Waals surface area contributed by atoms with Gasteiger partial charge in [0.25, 0.3) is 0 Å². The van der Waals surface area contributed by atoms with Crippen molar-refractivity contribution in [1.29, 1.82) is 5.26 Å². The molecule has 0 spiro atoms. The minimum atomic E-state index is 0.580. The summed E-state index contributed by atoms with van der Waals surface area (Å²) in [5, 5.41) is 10.1. The van der Waals surface area contributed by atoms with Crippen LogP contribution in [0.25, 0.3) is 10.9 Å². The first-order valence-electron chi connectivity index (χ1n) is 6.39. The third kappa shape index (κ3) is 2.39. The van der Waals surface area contributed by atoms with Crippen LogP contribution in [-0.4, -0.2) is 11.2 Å². The molecule has 0 fully saturated rings. The van der Waals surface area contributed by atoms with E-state index in [9.17, 15) is 0 Å². The zero-order valence-corrected chi connectivity index (χ0v) is 10.9. The Morgan fingerprint density at radius 2 is 2.17 bits per heavy atom. The number of hydrogen-bond donors (Lipinski definition) is 0. The highest BCUT2D eigenvalue weighted by atomic mass is 16.5. The summed E-state index contributed by atoms with van der Waals surface area (Å²) in [7, 11) is 0. The van der Waals surface area contributed by atoms with Crippen LogP contribution in [0.5, 0.6) is 0 Å². The molecule has 1 aromatic heterocycles. The molecule has 1 aromatic carbocycles. The highest BCUT2D eigenvalue weighted by Crippen LogP contribution is 2.23. The second-order valence-electron chi connectivity index (χ2n) is 4.36. The first kappa shape index (κ1) is 12.7. The first-order valence-corrected chi connectivity index (χ1v) is 6.39. The largest absolute Gasteiger partial charge is 0.361 e. The second-order valence-corrected chi connectivity index (χ2v) is 4.36. The van der Waals surface area contributed by atoms with Crippen LogP contribution in [0.2, 0.25) is 0 Å². The molecule has 0 bridgehead atoms. The number of nitrogens with zero attached hydrogens (tertiary/aromatic N) is 2. The lowest BCUT2D eigenvalue weighted by Gasteiger charge is -2.05. The van der Waals surface area contributed by atoms with Gasteiger partial charge in [-0.25, -0.2) is 0 Å². The monoisotopic (exact) mass is 242 g/mol. The van der Waals surface area contributed by atoms with Gasteiger partial charge in [-0.2, -0.15) is 5.26 Å². The van der Waals surface area contributed by atoms with Gasteiger partial charge in [0.05, 0.1) is 17.1 Å². The van der Waals surface area contributed by atoms with Gasteiger partial charge in [0.2, 0.25) is 0 Å². The topological polar surface area (TPSA) is 38.0 Å². The van der Waals surface area contributed by atoms with Crippen molar-refractivity contribution in [3.63, 3.8) is 0 Å². The molecule has 0 unspecified atom stereocenters. The molecule has 0 saturated heterocycles. The van der Waals surface area contributed by atoms with E-state index in [4.69, 9.17) is 10.00 Å². The Labute approximate surface area is 108 Å². The molecule has 1 heterocycles. The minimum absolute atomic E-state index is 0.580. The molecule has 0 radical (unpaired) electrons. The Balaban J connectivity index is 2.40. The SMILES string of the molecule is CCCOCn1cc(CC)c2cc(C#N)ccc21. The average molecular weight is 242 g/mol. The standard InChI is InChI=1S/C15H18N2O/c1-3-7-18-11-17-10-13(4-2)14-8-12(9-16)5-6-15(14)17/h5-6,8,10H,3-4,7,11H2,1-2H3. The van der Waals surface area contributed by atoms with Gasteiger partial charge in [-0.1, -0.05) is 13.8 Å². The smallest absolute Gasteiger partial charge is 0.122 e. The van der Waals surface area contributed by atoms with Crippen molar-refractivity contribution in [3.8, 4) is 6.07 Å². The van der Waals surface area contributed by atoms with Crippen molar-refractivity contribution in [2.24, 2.45) is 0 Å². The zero-order chi connectivity index (χ0) is 13.0. The van der Waals surface area contributed by atoms with Gasteiger partial charge in [0.1, 0.15) is 6.73 Å². The van der Waals surface area contributed by atoms with E-state index in [1.165, 1.54) is 5.56 Å². The predicted molar refractivity (Wildman–Crippen MR) is 72.3 cm³/mol. The zero-order valence-electron chi connectivity index (χ0n) is 10.9. The van der Waals surface area contributed by atoms with Crippen LogP contribution in [0.1, 0.15) is 31.4 Å². The fraction of sp³-hybridized carbons (Fsp3) is 0.400. The molecular weight excluding hydrogens is 224 g/mol. The number of benzene rings is 1. The summed E-state index contributed by atoms with van der Waals surface area (Å²) in [5.41, 5.74) is 3.12. The molecule has 0 atom stereocenters. The number of nitriles is 1. The molecule has 2 aromatic rings. The molecule has 3 nitrogen and oxygen atoms in total.